The molecule has 0 spiro atoms. The van der Waals surface area contributed by atoms with E-state index in [0.717, 1.165) is 30.8 Å². The molecule has 0 aliphatic rings. The van der Waals surface area contributed by atoms with E-state index < -0.39 is 0 Å². The van der Waals surface area contributed by atoms with Gasteiger partial charge < -0.3 is 10.6 Å². The highest BCUT2D eigenvalue weighted by molar-refractivity contribution is 6.01. The van der Waals surface area contributed by atoms with Crippen LogP contribution in [-0.2, 0) is 0 Å². The van der Waals surface area contributed by atoms with Gasteiger partial charge in [0.25, 0.3) is 0 Å². The number of hydrogen-bond acceptors (Lipinski definition) is 2. The summed E-state index contributed by atoms with van der Waals surface area (Å²) in [6.45, 7) is 8.31. The molecule has 1 aromatic carbocycles. The first kappa shape index (κ1) is 12.6. The van der Waals surface area contributed by atoms with Gasteiger partial charge in [0, 0.05) is 18.7 Å². The summed E-state index contributed by atoms with van der Waals surface area (Å²) < 4.78 is 0. The van der Waals surface area contributed by atoms with E-state index in [2.05, 4.69) is 31.7 Å². The molecule has 0 fully saturated rings. The van der Waals surface area contributed by atoms with Crippen molar-refractivity contribution in [3.8, 4) is 0 Å². The lowest BCUT2D eigenvalue weighted by Gasteiger charge is -2.26. The Bertz CT molecular complexity index is 371. The molecule has 0 aromatic heterocycles. The van der Waals surface area contributed by atoms with Crippen molar-refractivity contribution < 1.29 is 0 Å². The van der Waals surface area contributed by atoms with Crippen molar-refractivity contribution in [1.82, 2.24) is 0 Å². The SMILES string of the molecule is CCCN(CC)c1c(C)cccc1C(=N)N. The van der Waals surface area contributed by atoms with E-state index in [-0.39, 0.29) is 5.84 Å². The molecule has 3 nitrogen and oxygen atoms in total. The molecule has 0 saturated heterocycles. The van der Waals surface area contributed by atoms with E-state index >= 15 is 0 Å². The number of nitrogens with zero attached hydrogens (tertiary/aromatic N) is 1. The number of benzene rings is 1. The van der Waals surface area contributed by atoms with Crippen LogP contribution in [0.1, 0.15) is 31.4 Å². The zero-order valence-electron chi connectivity index (χ0n) is 10.4. The normalized spacial score (nSPS) is 10.2. The first-order chi connectivity index (χ1) is 7.61. The highest BCUT2D eigenvalue weighted by Gasteiger charge is 2.13. The number of rotatable bonds is 5. The van der Waals surface area contributed by atoms with Crippen molar-refractivity contribution in [2.24, 2.45) is 5.73 Å². The highest BCUT2D eigenvalue weighted by atomic mass is 15.1. The third-order valence-corrected chi connectivity index (χ3v) is 2.72. The fourth-order valence-corrected chi connectivity index (χ4v) is 1.99. The van der Waals surface area contributed by atoms with E-state index in [4.69, 9.17) is 11.1 Å². The summed E-state index contributed by atoms with van der Waals surface area (Å²) in [5.74, 6) is 0.147. The molecular formula is C13H21N3. The first-order valence-electron chi connectivity index (χ1n) is 5.80. The lowest BCUT2D eigenvalue weighted by atomic mass is 10.1. The average Bonchev–Trinajstić information content (AvgIpc) is 2.26. The summed E-state index contributed by atoms with van der Waals surface area (Å²) in [5.41, 5.74) is 8.77. The van der Waals surface area contributed by atoms with Gasteiger partial charge in [0.2, 0.25) is 0 Å². The summed E-state index contributed by atoms with van der Waals surface area (Å²) in [6.07, 6.45) is 1.10. The van der Waals surface area contributed by atoms with Gasteiger partial charge in [0.05, 0.1) is 5.69 Å². The summed E-state index contributed by atoms with van der Waals surface area (Å²) in [5, 5.41) is 7.62. The maximum absolute atomic E-state index is 7.62. The summed E-state index contributed by atoms with van der Waals surface area (Å²) in [4.78, 5) is 2.28. The van der Waals surface area contributed by atoms with Crippen LogP contribution in [-0.4, -0.2) is 18.9 Å². The zero-order chi connectivity index (χ0) is 12.1. The Hall–Kier alpha value is -1.51. The predicted octanol–water partition coefficient (Wildman–Crippen LogP) is 2.52. The van der Waals surface area contributed by atoms with Crippen molar-refractivity contribution in [3.05, 3.63) is 29.3 Å². The van der Waals surface area contributed by atoms with Gasteiger partial charge in [0.15, 0.2) is 0 Å². The molecule has 3 N–H and O–H groups in total. The number of nitrogens with one attached hydrogen (secondary N) is 1. The standard InChI is InChI=1S/C13H21N3/c1-4-9-16(5-2)12-10(3)7-6-8-11(12)13(14)15/h6-8H,4-5,9H2,1-3H3,(H3,14,15). The fraction of sp³-hybridized carbons (Fsp3) is 0.462. The number of hydrogen-bond donors (Lipinski definition) is 2. The minimum Gasteiger partial charge on any atom is -0.384 e. The monoisotopic (exact) mass is 219 g/mol. The molecule has 88 valence electrons. The Kier molecular flexibility index (Phi) is 4.35. The van der Waals surface area contributed by atoms with Gasteiger partial charge in [0.1, 0.15) is 5.84 Å². The molecular weight excluding hydrogens is 198 g/mol. The molecule has 1 rings (SSSR count). The fourth-order valence-electron chi connectivity index (χ4n) is 1.99. The van der Waals surface area contributed by atoms with Crippen LogP contribution in [0, 0.1) is 12.3 Å². The van der Waals surface area contributed by atoms with Gasteiger partial charge in [-0.2, -0.15) is 0 Å². The highest BCUT2D eigenvalue weighted by Crippen LogP contribution is 2.24. The van der Waals surface area contributed by atoms with Crippen LogP contribution in [0.2, 0.25) is 0 Å². The van der Waals surface area contributed by atoms with E-state index in [9.17, 15) is 0 Å². The van der Waals surface area contributed by atoms with Gasteiger partial charge in [-0.1, -0.05) is 19.1 Å². The average molecular weight is 219 g/mol. The number of para-hydroxylation sites is 1. The van der Waals surface area contributed by atoms with Crippen LogP contribution >= 0.6 is 0 Å². The third kappa shape index (κ3) is 2.54. The predicted molar refractivity (Wildman–Crippen MR) is 70.4 cm³/mol. The lowest BCUT2D eigenvalue weighted by molar-refractivity contribution is 0.788. The second-order valence-electron chi connectivity index (χ2n) is 3.96. The number of nitrogen functional groups attached to an aromatic ring is 1. The topological polar surface area (TPSA) is 53.1 Å². The molecule has 0 aliphatic heterocycles. The van der Waals surface area contributed by atoms with E-state index in [1.54, 1.807) is 0 Å². The van der Waals surface area contributed by atoms with Crippen LogP contribution in [0.3, 0.4) is 0 Å². The van der Waals surface area contributed by atoms with Crippen molar-refractivity contribution in [1.29, 1.82) is 5.41 Å². The number of anilines is 1. The Morgan fingerprint density at radius 2 is 2.06 bits per heavy atom. The minimum absolute atomic E-state index is 0.147. The van der Waals surface area contributed by atoms with E-state index in [0.29, 0.717) is 0 Å². The van der Waals surface area contributed by atoms with Gasteiger partial charge in [-0.05, 0) is 31.9 Å². The van der Waals surface area contributed by atoms with Crippen molar-refractivity contribution in [2.45, 2.75) is 27.2 Å². The minimum atomic E-state index is 0.147. The summed E-state index contributed by atoms with van der Waals surface area (Å²) >= 11 is 0. The van der Waals surface area contributed by atoms with Gasteiger partial charge >= 0.3 is 0 Å². The quantitative estimate of drug-likeness (QED) is 0.590. The van der Waals surface area contributed by atoms with Crippen molar-refractivity contribution >= 4 is 11.5 Å². The molecule has 0 heterocycles. The van der Waals surface area contributed by atoms with Crippen molar-refractivity contribution in [3.63, 3.8) is 0 Å². The van der Waals surface area contributed by atoms with Crippen LogP contribution in [0.25, 0.3) is 0 Å². The molecule has 0 unspecified atom stereocenters. The Labute approximate surface area is 97.8 Å². The van der Waals surface area contributed by atoms with Gasteiger partial charge in [-0.25, -0.2) is 0 Å². The molecule has 0 amide bonds. The maximum atomic E-state index is 7.62. The third-order valence-electron chi connectivity index (χ3n) is 2.72. The number of amidine groups is 1. The van der Waals surface area contributed by atoms with Gasteiger partial charge in [-0.15, -0.1) is 0 Å². The zero-order valence-corrected chi connectivity index (χ0v) is 10.4. The molecule has 0 saturated carbocycles. The molecule has 0 bridgehead atoms. The molecule has 0 atom stereocenters. The lowest BCUT2D eigenvalue weighted by Crippen LogP contribution is -2.27. The second kappa shape index (κ2) is 5.54. The van der Waals surface area contributed by atoms with Crippen LogP contribution in [0.4, 0.5) is 5.69 Å². The molecule has 16 heavy (non-hydrogen) atoms. The largest absolute Gasteiger partial charge is 0.384 e. The molecule has 1 aromatic rings. The second-order valence-corrected chi connectivity index (χ2v) is 3.96. The van der Waals surface area contributed by atoms with Crippen LogP contribution < -0.4 is 10.6 Å². The maximum Gasteiger partial charge on any atom is 0.124 e. The van der Waals surface area contributed by atoms with Crippen LogP contribution in [0.15, 0.2) is 18.2 Å². The number of aryl methyl sites for hydroxylation is 1. The van der Waals surface area contributed by atoms with Crippen LogP contribution in [0.5, 0.6) is 0 Å². The molecule has 3 heteroatoms. The Morgan fingerprint density at radius 1 is 1.38 bits per heavy atom. The summed E-state index contributed by atoms with van der Waals surface area (Å²) in [6, 6.07) is 5.94. The molecule has 0 aliphatic carbocycles. The molecule has 0 radical (unpaired) electrons. The Balaban J connectivity index is 3.22. The first-order valence-corrected chi connectivity index (χ1v) is 5.80. The summed E-state index contributed by atoms with van der Waals surface area (Å²) in [7, 11) is 0. The number of nitrogens with two attached hydrogens (primary N) is 1. The van der Waals surface area contributed by atoms with E-state index in [1.807, 2.05) is 12.1 Å². The van der Waals surface area contributed by atoms with Gasteiger partial charge in [-0.3, -0.25) is 5.41 Å². The van der Waals surface area contributed by atoms with Crippen molar-refractivity contribution in [2.75, 3.05) is 18.0 Å². The van der Waals surface area contributed by atoms with E-state index in [1.165, 1.54) is 5.56 Å². The Morgan fingerprint density at radius 3 is 2.56 bits per heavy atom. The smallest absolute Gasteiger partial charge is 0.124 e.